The molecule has 1 amide bonds. The van der Waals surface area contributed by atoms with Gasteiger partial charge in [-0.1, -0.05) is 11.6 Å². The third-order valence-corrected chi connectivity index (χ3v) is 7.85. The number of benzene rings is 2. The fourth-order valence-corrected chi connectivity index (χ4v) is 5.47. The van der Waals surface area contributed by atoms with Crippen LogP contribution in [0.15, 0.2) is 48.8 Å². The lowest BCUT2D eigenvalue weighted by Gasteiger charge is -2.42. The van der Waals surface area contributed by atoms with Gasteiger partial charge in [-0.2, -0.15) is 0 Å². The van der Waals surface area contributed by atoms with Crippen molar-refractivity contribution < 1.29 is 13.9 Å². The largest absolute Gasteiger partial charge is 0.497 e. The molecule has 0 saturated carbocycles. The summed E-state index contributed by atoms with van der Waals surface area (Å²) in [5.41, 5.74) is 3.54. The summed E-state index contributed by atoms with van der Waals surface area (Å²) in [4.78, 5) is 25.7. The summed E-state index contributed by atoms with van der Waals surface area (Å²) in [6, 6.07) is 13.2. The summed E-state index contributed by atoms with van der Waals surface area (Å²) in [5.74, 6) is 0.409. The summed E-state index contributed by atoms with van der Waals surface area (Å²) in [7, 11) is 1.65. The summed E-state index contributed by atoms with van der Waals surface area (Å²) in [6.07, 6.45) is 4.22. The van der Waals surface area contributed by atoms with Gasteiger partial charge in [0.2, 0.25) is 0 Å². The van der Waals surface area contributed by atoms with Crippen LogP contribution >= 0.6 is 11.6 Å². The Kier molecular flexibility index (Phi) is 9.75. The molecule has 3 aromatic rings. The first-order valence-electron chi connectivity index (χ1n) is 13.4. The van der Waals surface area contributed by atoms with Gasteiger partial charge < -0.3 is 19.9 Å². The second-order valence-electron chi connectivity index (χ2n) is 10.1. The van der Waals surface area contributed by atoms with E-state index in [-0.39, 0.29) is 17.8 Å². The normalized spacial score (nSPS) is 15.1. The molecule has 1 aliphatic heterocycles. The molecule has 1 aliphatic rings. The van der Waals surface area contributed by atoms with E-state index in [9.17, 15) is 9.18 Å². The van der Waals surface area contributed by atoms with Crippen LogP contribution in [0.1, 0.15) is 53.5 Å². The number of amides is 1. The van der Waals surface area contributed by atoms with E-state index in [2.05, 4.69) is 32.0 Å². The van der Waals surface area contributed by atoms with Gasteiger partial charge >= 0.3 is 0 Å². The van der Waals surface area contributed by atoms with Crippen LogP contribution in [0.3, 0.4) is 0 Å². The fourth-order valence-electron chi connectivity index (χ4n) is 5.28. The zero-order chi connectivity index (χ0) is 27.9. The van der Waals surface area contributed by atoms with Gasteiger partial charge in [-0.25, -0.2) is 14.4 Å². The zero-order valence-corrected chi connectivity index (χ0v) is 23.8. The lowest BCUT2D eigenvalue weighted by Crippen LogP contribution is -2.48. The van der Waals surface area contributed by atoms with Crippen molar-refractivity contribution in [1.82, 2.24) is 20.2 Å². The average Bonchev–Trinajstić information content (AvgIpc) is 2.93. The van der Waals surface area contributed by atoms with E-state index in [1.165, 1.54) is 12.4 Å². The first-order chi connectivity index (χ1) is 18.8. The maximum Gasteiger partial charge on any atom is 0.254 e. The van der Waals surface area contributed by atoms with Gasteiger partial charge in [0.25, 0.3) is 5.91 Å². The van der Waals surface area contributed by atoms with Crippen LogP contribution in [-0.2, 0) is 6.54 Å². The quantitative estimate of drug-likeness (QED) is 0.354. The lowest BCUT2D eigenvalue weighted by molar-refractivity contribution is 0.0943. The molecule has 1 unspecified atom stereocenters. The Balaban J connectivity index is 1.36. The lowest BCUT2D eigenvalue weighted by atomic mass is 9.99. The monoisotopic (exact) mass is 553 g/mol. The molecular formula is C30H37ClFN5O2. The number of hydrogen-bond acceptors (Lipinski definition) is 6. The number of carbonyl (C=O) groups is 1. The Morgan fingerprint density at radius 1 is 1.15 bits per heavy atom. The van der Waals surface area contributed by atoms with Gasteiger partial charge in [-0.15, -0.1) is 0 Å². The van der Waals surface area contributed by atoms with Crippen LogP contribution in [0.2, 0.25) is 5.02 Å². The van der Waals surface area contributed by atoms with E-state index in [1.54, 1.807) is 19.2 Å². The van der Waals surface area contributed by atoms with Crippen molar-refractivity contribution in [3.05, 3.63) is 82.1 Å². The second-order valence-corrected chi connectivity index (χ2v) is 10.6. The van der Waals surface area contributed by atoms with E-state index in [1.807, 2.05) is 38.1 Å². The van der Waals surface area contributed by atoms with Crippen LogP contribution < -0.4 is 15.0 Å². The standard InChI is InChI=1S/C30H37ClFN5O2/c1-20(11-14-33-30(38)29-21(2)34-19-35-22(29)3)36-15-12-26(13-16-36)37(25-6-8-27(39-4)9-7-25)18-23-17-24(31)5-10-28(23)32/h5-10,17,19-20,26H,11-16,18H2,1-4H3,(H,33,38). The van der Waals surface area contributed by atoms with Crippen LogP contribution in [0.25, 0.3) is 0 Å². The number of aromatic nitrogens is 2. The van der Waals surface area contributed by atoms with Crippen LogP contribution in [0.5, 0.6) is 5.75 Å². The highest BCUT2D eigenvalue weighted by Crippen LogP contribution is 2.29. The van der Waals surface area contributed by atoms with Crippen molar-refractivity contribution in [3.63, 3.8) is 0 Å². The van der Waals surface area contributed by atoms with Gasteiger partial charge in [-0.3, -0.25) is 4.79 Å². The van der Waals surface area contributed by atoms with Crippen molar-refractivity contribution in [2.45, 2.75) is 58.7 Å². The van der Waals surface area contributed by atoms with Gasteiger partial charge in [0.05, 0.1) is 24.1 Å². The molecule has 1 fully saturated rings. The number of likely N-dealkylation sites (tertiary alicyclic amines) is 1. The number of nitrogens with one attached hydrogen (secondary N) is 1. The van der Waals surface area contributed by atoms with E-state index in [0.29, 0.717) is 46.7 Å². The van der Waals surface area contributed by atoms with Gasteiger partial charge in [0.1, 0.15) is 17.9 Å². The minimum absolute atomic E-state index is 0.125. The van der Waals surface area contributed by atoms with Crippen LogP contribution in [0, 0.1) is 19.7 Å². The first-order valence-corrected chi connectivity index (χ1v) is 13.8. The number of aryl methyl sites for hydroxylation is 2. The van der Waals surface area contributed by atoms with E-state index >= 15 is 0 Å². The molecule has 0 spiro atoms. The third-order valence-electron chi connectivity index (χ3n) is 7.62. The number of methoxy groups -OCH3 is 1. The Morgan fingerprint density at radius 2 is 1.82 bits per heavy atom. The number of hydrogen-bond donors (Lipinski definition) is 1. The average molecular weight is 554 g/mol. The minimum atomic E-state index is -0.251. The van der Waals surface area contributed by atoms with Crippen LogP contribution in [0.4, 0.5) is 10.1 Å². The van der Waals surface area contributed by atoms with Gasteiger partial charge in [0.15, 0.2) is 0 Å². The maximum absolute atomic E-state index is 14.7. The number of rotatable bonds is 10. The van der Waals surface area contributed by atoms with E-state index in [4.69, 9.17) is 16.3 Å². The molecule has 0 aliphatic carbocycles. The molecule has 4 rings (SSSR count). The van der Waals surface area contributed by atoms with E-state index in [0.717, 1.165) is 43.8 Å². The molecule has 0 radical (unpaired) electrons. The molecular weight excluding hydrogens is 517 g/mol. The summed E-state index contributed by atoms with van der Waals surface area (Å²) in [6.45, 7) is 8.73. The number of carbonyl (C=O) groups excluding carboxylic acids is 1. The highest BCUT2D eigenvalue weighted by Gasteiger charge is 2.28. The fraction of sp³-hybridized carbons (Fsp3) is 0.433. The Hall–Kier alpha value is -3.23. The number of anilines is 1. The second kappa shape index (κ2) is 13.2. The molecule has 9 heteroatoms. The van der Waals surface area contributed by atoms with Gasteiger partial charge in [0, 0.05) is 54.5 Å². The molecule has 1 N–H and O–H groups in total. The topological polar surface area (TPSA) is 70.6 Å². The predicted octanol–water partition coefficient (Wildman–Crippen LogP) is 5.57. The highest BCUT2D eigenvalue weighted by molar-refractivity contribution is 6.30. The molecule has 2 aromatic carbocycles. The smallest absolute Gasteiger partial charge is 0.254 e. The molecule has 1 atom stereocenters. The Bertz CT molecular complexity index is 1240. The molecule has 208 valence electrons. The molecule has 7 nitrogen and oxygen atoms in total. The number of nitrogens with zero attached hydrogens (tertiary/aromatic N) is 4. The first kappa shape index (κ1) is 28.8. The highest BCUT2D eigenvalue weighted by atomic mass is 35.5. The molecule has 1 saturated heterocycles. The summed E-state index contributed by atoms with van der Waals surface area (Å²) in [5, 5.41) is 3.56. The minimum Gasteiger partial charge on any atom is -0.497 e. The molecule has 1 aromatic heterocycles. The Morgan fingerprint density at radius 3 is 2.46 bits per heavy atom. The van der Waals surface area contributed by atoms with Crippen LogP contribution in [-0.4, -0.2) is 59.6 Å². The van der Waals surface area contributed by atoms with Crippen molar-refractivity contribution in [3.8, 4) is 5.75 Å². The maximum atomic E-state index is 14.7. The Labute approximate surface area is 235 Å². The third kappa shape index (κ3) is 7.25. The zero-order valence-electron chi connectivity index (χ0n) is 23.1. The number of piperidine rings is 1. The van der Waals surface area contributed by atoms with Gasteiger partial charge in [-0.05, 0) is 82.5 Å². The van der Waals surface area contributed by atoms with Crippen molar-refractivity contribution in [2.24, 2.45) is 0 Å². The SMILES string of the molecule is COc1ccc(N(Cc2cc(Cl)ccc2F)C2CCN(C(C)CCNC(=O)c3c(C)ncnc3C)CC2)cc1. The number of halogens is 2. The molecule has 0 bridgehead atoms. The number of ether oxygens (including phenoxy) is 1. The summed E-state index contributed by atoms with van der Waals surface area (Å²) < 4.78 is 20.0. The van der Waals surface area contributed by atoms with Crippen molar-refractivity contribution in [1.29, 1.82) is 0 Å². The van der Waals surface area contributed by atoms with Crippen molar-refractivity contribution >= 4 is 23.2 Å². The van der Waals surface area contributed by atoms with Crippen molar-refractivity contribution in [2.75, 3.05) is 31.6 Å². The molecule has 39 heavy (non-hydrogen) atoms. The predicted molar refractivity (Wildman–Crippen MR) is 153 cm³/mol. The summed E-state index contributed by atoms with van der Waals surface area (Å²) >= 11 is 6.20. The molecule has 2 heterocycles. The van der Waals surface area contributed by atoms with E-state index < -0.39 is 0 Å².